The van der Waals surface area contributed by atoms with E-state index in [1.165, 1.54) is 0 Å². The Hall–Kier alpha value is -3.07. The van der Waals surface area contributed by atoms with Crippen LogP contribution in [0.3, 0.4) is 0 Å². The molecular weight excluding hydrogens is 308 g/mol. The molecule has 0 bridgehead atoms. The predicted molar refractivity (Wildman–Crippen MR) is 103 cm³/mol. The zero-order valence-electron chi connectivity index (χ0n) is 14.4. The summed E-state index contributed by atoms with van der Waals surface area (Å²) in [6.45, 7) is 0. The molecule has 3 aromatic carbocycles. The van der Waals surface area contributed by atoms with E-state index in [1.807, 2.05) is 67.5 Å². The standard InChI is InChI=1S/C22H20N2O/c1-24(2)16-9-7-8-15(14-16)23-22(25)21-19-12-5-3-10-17(19)18-11-4-6-13-20(18)21/h3-14,21H,1-2H3,(H,23,25). The monoisotopic (exact) mass is 328 g/mol. The van der Waals surface area contributed by atoms with Crippen LogP contribution in [0.25, 0.3) is 11.1 Å². The van der Waals surface area contributed by atoms with E-state index in [-0.39, 0.29) is 11.8 Å². The highest BCUT2D eigenvalue weighted by atomic mass is 16.1. The quantitative estimate of drug-likeness (QED) is 0.767. The van der Waals surface area contributed by atoms with Gasteiger partial charge in [0.25, 0.3) is 0 Å². The van der Waals surface area contributed by atoms with E-state index >= 15 is 0 Å². The van der Waals surface area contributed by atoms with Crippen molar-refractivity contribution in [3.05, 3.63) is 83.9 Å². The van der Waals surface area contributed by atoms with E-state index in [9.17, 15) is 4.79 Å². The van der Waals surface area contributed by atoms with Gasteiger partial charge in [0, 0.05) is 25.5 Å². The van der Waals surface area contributed by atoms with Crippen molar-refractivity contribution in [3.63, 3.8) is 0 Å². The van der Waals surface area contributed by atoms with Gasteiger partial charge in [-0.1, -0.05) is 54.6 Å². The van der Waals surface area contributed by atoms with Crippen LogP contribution in [0.4, 0.5) is 11.4 Å². The van der Waals surface area contributed by atoms with Gasteiger partial charge in [0.05, 0.1) is 5.92 Å². The molecule has 3 heteroatoms. The maximum absolute atomic E-state index is 13.1. The van der Waals surface area contributed by atoms with Gasteiger partial charge < -0.3 is 10.2 Å². The third-order valence-electron chi connectivity index (χ3n) is 4.73. The van der Waals surface area contributed by atoms with Crippen LogP contribution in [0.5, 0.6) is 0 Å². The minimum Gasteiger partial charge on any atom is -0.378 e. The molecule has 0 aliphatic heterocycles. The molecule has 1 aliphatic rings. The van der Waals surface area contributed by atoms with Crippen LogP contribution in [-0.2, 0) is 4.79 Å². The number of hydrogen-bond acceptors (Lipinski definition) is 2. The summed E-state index contributed by atoms with van der Waals surface area (Å²) in [6, 6.07) is 24.2. The van der Waals surface area contributed by atoms with Crippen LogP contribution >= 0.6 is 0 Å². The SMILES string of the molecule is CN(C)c1cccc(NC(=O)C2c3ccccc3-c3ccccc32)c1. The first-order valence-electron chi connectivity index (χ1n) is 8.41. The topological polar surface area (TPSA) is 32.3 Å². The van der Waals surface area contributed by atoms with Gasteiger partial charge >= 0.3 is 0 Å². The number of benzene rings is 3. The van der Waals surface area contributed by atoms with Crippen molar-refractivity contribution in [3.8, 4) is 11.1 Å². The van der Waals surface area contributed by atoms with Crippen molar-refractivity contribution >= 4 is 17.3 Å². The minimum atomic E-state index is -0.268. The number of carbonyl (C=O) groups is 1. The molecule has 1 N–H and O–H groups in total. The van der Waals surface area contributed by atoms with Gasteiger partial charge in [-0.05, 0) is 40.5 Å². The fourth-order valence-corrected chi connectivity index (χ4v) is 3.51. The Kier molecular flexibility index (Phi) is 3.77. The number of anilines is 2. The molecule has 0 atom stereocenters. The molecule has 0 unspecified atom stereocenters. The van der Waals surface area contributed by atoms with Gasteiger partial charge in [0.1, 0.15) is 0 Å². The molecule has 0 fully saturated rings. The van der Waals surface area contributed by atoms with Crippen LogP contribution in [0, 0.1) is 0 Å². The number of hydrogen-bond donors (Lipinski definition) is 1. The van der Waals surface area contributed by atoms with E-state index in [1.54, 1.807) is 0 Å². The molecule has 4 rings (SSSR count). The van der Waals surface area contributed by atoms with Crippen molar-refractivity contribution in [1.29, 1.82) is 0 Å². The molecule has 0 radical (unpaired) electrons. The number of carbonyl (C=O) groups excluding carboxylic acids is 1. The van der Waals surface area contributed by atoms with Crippen LogP contribution in [0.1, 0.15) is 17.0 Å². The summed E-state index contributed by atoms with van der Waals surface area (Å²) in [6.07, 6.45) is 0. The van der Waals surface area contributed by atoms with Crippen molar-refractivity contribution in [1.82, 2.24) is 0 Å². The summed E-state index contributed by atoms with van der Waals surface area (Å²) in [5, 5.41) is 3.10. The first-order chi connectivity index (χ1) is 12.1. The van der Waals surface area contributed by atoms with Gasteiger partial charge in [-0.25, -0.2) is 0 Å². The molecule has 3 aromatic rings. The molecule has 124 valence electrons. The van der Waals surface area contributed by atoms with E-state index in [0.717, 1.165) is 33.6 Å². The lowest BCUT2D eigenvalue weighted by atomic mass is 9.96. The van der Waals surface area contributed by atoms with Crippen LogP contribution < -0.4 is 10.2 Å². The summed E-state index contributed by atoms with van der Waals surface area (Å²) in [5.41, 5.74) is 6.33. The van der Waals surface area contributed by atoms with E-state index < -0.39 is 0 Å². The molecule has 0 saturated carbocycles. The van der Waals surface area contributed by atoms with Crippen molar-refractivity contribution in [2.75, 3.05) is 24.3 Å². The Labute approximate surface area is 147 Å². The average Bonchev–Trinajstić information content (AvgIpc) is 2.96. The van der Waals surface area contributed by atoms with Crippen LogP contribution in [0.2, 0.25) is 0 Å². The second-order valence-electron chi connectivity index (χ2n) is 6.54. The molecule has 1 aliphatic carbocycles. The Morgan fingerprint density at radius 1 is 0.840 bits per heavy atom. The lowest BCUT2D eigenvalue weighted by molar-refractivity contribution is -0.116. The van der Waals surface area contributed by atoms with E-state index in [0.29, 0.717) is 0 Å². The van der Waals surface area contributed by atoms with Crippen LogP contribution in [-0.4, -0.2) is 20.0 Å². The molecule has 0 spiro atoms. The van der Waals surface area contributed by atoms with E-state index in [4.69, 9.17) is 0 Å². The lowest BCUT2D eigenvalue weighted by Crippen LogP contribution is -2.20. The lowest BCUT2D eigenvalue weighted by Gasteiger charge is -2.16. The zero-order valence-corrected chi connectivity index (χ0v) is 14.4. The van der Waals surface area contributed by atoms with Crippen molar-refractivity contribution < 1.29 is 4.79 Å². The highest BCUT2D eigenvalue weighted by Crippen LogP contribution is 2.44. The molecule has 3 nitrogen and oxygen atoms in total. The third-order valence-corrected chi connectivity index (χ3v) is 4.73. The van der Waals surface area contributed by atoms with Gasteiger partial charge in [0.2, 0.25) is 5.91 Å². The fourth-order valence-electron chi connectivity index (χ4n) is 3.51. The smallest absolute Gasteiger partial charge is 0.236 e. The number of nitrogens with one attached hydrogen (secondary N) is 1. The molecule has 0 saturated heterocycles. The van der Waals surface area contributed by atoms with Crippen molar-refractivity contribution in [2.24, 2.45) is 0 Å². The van der Waals surface area contributed by atoms with Gasteiger partial charge in [-0.15, -0.1) is 0 Å². The van der Waals surface area contributed by atoms with Crippen molar-refractivity contribution in [2.45, 2.75) is 5.92 Å². The first kappa shape index (κ1) is 15.5. The Bertz CT molecular complexity index is 901. The predicted octanol–water partition coefficient (Wildman–Crippen LogP) is 4.50. The summed E-state index contributed by atoms with van der Waals surface area (Å²) in [5.74, 6) is -0.260. The Morgan fingerprint density at radius 2 is 1.44 bits per heavy atom. The molecule has 0 aromatic heterocycles. The Balaban J connectivity index is 1.70. The van der Waals surface area contributed by atoms with Gasteiger partial charge in [0.15, 0.2) is 0 Å². The van der Waals surface area contributed by atoms with Gasteiger partial charge in [-0.2, -0.15) is 0 Å². The fraction of sp³-hybridized carbons (Fsp3) is 0.136. The molecule has 25 heavy (non-hydrogen) atoms. The summed E-state index contributed by atoms with van der Waals surface area (Å²) >= 11 is 0. The average molecular weight is 328 g/mol. The first-order valence-corrected chi connectivity index (χ1v) is 8.41. The zero-order chi connectivity index (χ0) is 17.4. The minimum absolute atomic E-state index is 0.00769. The maximum Gasteiger partial charge on any atom is 0.236 e. The van der Waals surface area contributed by atoms with E-state index in [2.05, 4.69) is 29.6 Å². The summed E-state index contributed by atoms with van der Waals surface area (Å²) in [7, 11) is 3.98. The maximum atomic E-state index is 13.1. The Morgan fingerprint density at radius 3 is 2.04 bits per heavy atom. The molecular formula is C22H20N2O. The summed E-state index contributed by atoms with van der Waals surface area (Å²) < 4.78 is 0. The molecule has 1 amide bonds. The van der Waals surface area contributed by atoms with Crippen LogP contribution in [0.15, 0.2) is 72.8 Å². The second kappa shape index (κ2) is 6.10. The second-order valence-corrected chi connectivity index (χ2v) is 6.54. The summed E-state index contributed by atoms with van der Waals surface area (Å²) in [4.78, 5) is 15.1. The largest absolute Gasteiger partial charge is 0.378 e. The highest BCUT2D eigenvalue weighted by molar-refractivity contribution is 6.03. The number of amides is 1. The van der Waals surface area contributed by atoms with Gasteiger partial charge in [-0.3, -0.25) is 4.79 Å². The number of nitrogens with zero attached hydrogens (tertiary/aromatic N) is 1. The number of rotatable bonds is 3. The molecule has 0 heterocycles. The third kappa shape index (κ3) is 2.68. The normalized spacial score (nSPS) is 12.4. The number of fused-ring (bicyclic) bond motifs is 3. The highest BCUT2D eigenvalue weighted by Gasteiger charge is 2.33.